The normalized spacial score (nSPS) is 16.2. The molecule has 1 atom stereocenters. The molecule has 1 aromatic heterocycles. The van der Waals surface area contributed by atoms with Gasteiger partial charge >= 0.3 is 5.97 Å². The Balaban J connectivity index is 1.98. The molecule has 4 rings (SSSR count). The van der Waals surface area contributed by atoms with Crippen molar-refractivity contribution >= 4 is 22.4 Å². The van der Waals surface area contributed by atoms with Crippen LogP contribution < -0.4 is 0 Å². The zero-order chi connectivity index (χ0) is 16.0. The summed E-state index contributed by atoms with van der Waals surface area (Å²) in [4.78, 5) is 16.2. The summed E-state index contributed by atoms with van der Waals surface area (Å²) < 4.78 is 0. The van der Waals surface area contributed by atoms with E-state index >= 15 is 0 Å². The fraction of sp³-hybridized carbons (Fsp3) is 0.0526. The number of aliphatic hydroxyl groups excluding tert-OH is 1. The number of aromatic nitrogens is 1. The van der Waals surface area contributed by atoms with Gasteiger partial charge in [-0.05, 0) is 29.3 Å². The van der Waals surface area contributed by atoms with Crippen molar-refractivity contribution in [1.82, 2.24) is 4.98 Å². The van der Waals surface area contributed by atoms with Gasteiger partial charge in [-0.2, -0.15) is 0 Å². The summed E-state index contributed by atoms with van der Waals surface area (Å²) in [6, 6.07) is 16.3. The molecule has 0 radical (unpaired) electrons. The van der Waals surface area contributed by atoms with E-state index in [4.69, 9.17) is 0 Å². The van der Waals surface area contributed by atoms with E-state index in [-0.39, 0.29) is 5.56 Å². The van der Waals surface area contributed by atoms with Gasteiger partial charge in [0.05, 0.1) is 22.9 Å². The maximum Gasteiger partial charge on any atom is 0.336 e. The summed E-state index contributed by atoms with van der Waals surface area (Å²) in [5.74, 6) is -0.989. The first-order valence-corrected chi connectivity index (χ1v) is 7.28. The molecular formula is C19H13NO3. The number of nitrogens with zero attached hydrogens (tertiary/aromatic N) is 1. The van der Waals surface area contributed by atoms with Crippen molar-refractivity contribution < 1.29 is 15.0 Å². The predicted molar refractivity (Wildman–Crippen MR) is 87.2 cm³/mol. The molecule has 2 N–H and O–H groups in total. The van der Waals surface area contributed by atoms with Crippen molar-refractivity contribution in [3.8, 4) is 0 Å². The first kappa shape index (κ1) is 13.7. The Morgan fingerprint density at radius 2 is 1.78 bits per heavy atom. The summed E-state index contributed by atoms with van der Waals surface area (Å²) in [6.07, 6.45) is 1.02. The lowest BCUT2D eigenvalue weighted by atomic mass is 10.00. The number of pyridine rings is 1. The molecule has 4 heteroatoms. The molecule has 0 saturated heterocycles. The van der Waals surface area contributed by atoms with Crippen molar-refractivity contribution in [2.75, 3.05) is 0 Å². The van der Waals surface area contributed by atoms with Crippen LogP contribution in [0.5, 0.6) is 0 Å². The molecule has 0 bridgehead atoms. The Hall–Kier alpha value is -2.98. The van der Waals surface area contributed by atoms with Gasteiger partial charge in [0.1, 0.15) is 0 Å². The van der Waals surface area contributed by atoms with Crippen molar-refractivity contribution in [1.29, 1.82) is 0 Å². The lowest BCUT2D eigenvalue weighted by molar-refractivity contribution is 0.0699. The summed E-state index contributed by atoms with van der Waals surface area (Å²) in [7, 11) is 0. The molecule has 1 heterocycles. The quantitative estimate of drug-likeness (QED) is 0.761. The zero-order valence-electron chi connectivity index (χ0n) is 12.1. The van der Waals surface area contributed by atoms with Crippen LogP contribution in [0.3, 0.4) is 0 Å². The molecule has 0 saturated carbocycles. The number of fused-ring (bicyclic) bond motifs is 2. The second-order valence-electron chi connectivity index (χ2n) is 5.49. The van der Waals surface area contributed by atoms with Crippen LogP contribution in [-0.2, 0) is 0 Å². The van der Waals surface area contributed by atoms with Gasteiger partial charge in [0.25, 0.3) is 0 Å². The Bertz CT molecular complexity index is 975. The lowest BCUT2D eigenvalue weighted by Gasteiger charge is -2.09. The van der Waals surface area contributed by atoms with E-state index in [0.29, 0.717) is 16.6 Å². The van der Waals surface area contributed by atoms with Crippen LogP contribution in [-0.4, -0.2) is 21.2 Å². The fourth-order valence-corrected chi connectivity index (χ4v) is 3.05. The highest BCUT2D eigenvalue weighted by Gasteiger charge is 2.24. The molecule has 0 aliphatic heterocycles. The molecule has 23 heavy (non-hydrogen) atoms. The van der Waals surface area contributed by atoms with Crippen LogP contribution in [0.25, 0.3) is 16.5 Å². The number of hydrogen-bond acceptors (Lipinski definition) is 3. The number of para-hydroxylation sites is 1. The SMILES string of the molecule is O=C(O)c1cc(C2=CC(O)c3ccccc32)nc2ccccc12. The minimum atomic E-state index is -0.989. The van der Waals surface area contributed by atoms with Gasteiger partial charge in [-0.3, -0.25) is 0 Å². The van der Waals surface area contributed by atoms with Crippen LogP contribution >= 0.6 is 0 Å². The third-order valence-corrected chi connectivity index (χ3v) is 4.12. The molecule has 4 nitrogen and oxygen atoms in total. The first-order valence-electron chi connectivity index (χ1n) is 7.28. The number of carboxylic acid groups (broad SMARTS) is 1. The third-order valence-electron chi connectivity index (χ3n) is 4.12. The van der Waals surface area contributed by atoms with Crippen molar-refractivity contribution in [2.24, 2.45) is 0 Å². The summed E-state index contributed by atoms with van der Waals surface area (Å²) >= 11 is 0. The number of carboxylic acids is 1. The van der Waals surface area contributed by atoms with Crippen LogP contribution in [0.15, 0.2) is 60.7 Å². The van der Waals surface area contributed by atoms with Gasteiger partial charge in [0.2, 0.25) is 0 Å². The van der Waals surface area contributed by atoms with Gasteiger partial charge in [-0.15, -0.1) is 0 Å². The van der Waals surface area contributed by atoms with Gasteiger partial charge in [0.15, 0.2) is 0 Å². The van der Waals surface area contributed by atoms with E-state index in [0.717, 1.165) is 16.7 Å². The number of carbonyl (C=O) groups is 1. The van der Waals surface area contributed by atoms with Crippen LogP contribution in [0.4, 0.5) is 0 Å². The third kappa shape index (κ3) is 2.12. The monoisotopic (exact) mass is 303 g/mol. The topological polar surface area (TPSA) is 70.4 Å². The Morgan fingerprint density at radius 1 is 1.04 bits per heavy atom. The highest BCUT2D eigenvalue weighted by Crippen LogP contribution is 2.38. The van der Waals surface area contributed by atoms with E-state index in [1.165, 1.54) is 0 Å². The van der Waals surface area contributed by atoms with E-state index in [1.807, 2.05) is 30.3 Å². The molecule has 1 unspecified atom stereocenters. The van der Waals surface area contributed by atoms with Crippen molar-refractivity contribution in [3.63, 3.8) is 0 Å². The van der Waals surface area contributed by atoms with E-state index < -0.39 is 12.1 Å². The molecular weight excluding hydrogens is 290 g/mol. The number of rotatable bonds is 2. The summed E-state index contributed by atoms with van der Waals surface area (Å²) in [6.45, 7) is 0. The molecule has 2 aromatic carbocycles. The average Bonchev–Trinajstić information content (AvgIpc) is 2.91. The van der Waals surface area contributed by atoms with Gasteiger partial charge < -0.3 is 10.2 Å². The average molecular weight is 303 g/mol. The molecule has 0 fully saturated rings. The van der Waals surface area contributed by atoms with Gasteiger partial charge in [-0.1, -0.05) is 42.5 Å². The summed E-state index contributed by atoms with van der Waals surface area (Å²) in [5.41, 5.74) is 3.87. The first-order chi connectivity index (χ1) is 11.1. The van der Waals surface area contributed by atoms with Crippen LogP contribution in [0.1, 0.15) is 33.3 Å². The predicted octanol–water partition coefficient (Wildman–Crippen LogP) is 3.41. The number of hydrogen-bond donors (Lipinski definition) is 2. The molecule has 1 aliphatic rings. The summed E-state index contributed by atoms with van der Waals surface area (Å²) in [5, 5.41) is 20.3. The zero-order valence-corrected chi connectivity index (χ0v) is 12.1. The molecule has 3 aromatic rings. The highest BCUT2D eigenvalue weighted by molar-refractivity contribution is 6.04. The van der Waals surface area contributed by atoms with Gasteiger partial charge in [-0.25, -0.2) is 9.78 Å². The molecule has 0 amide bonds. The number of aliphatic hydroxyl groups is 1. The van der Waals surface area contributed by atoms with E-state index in [1.54, 1.807) is 30.3 Å². The maximum absolute atomic E-state index is 11.6. The minimum Gasteiger partial charge on any atom is -0.478 e. The smallest absolute Gasteiger partial charge is 0.336 e. The number of benzene rings is 2. The number of aromatic carboxylic acids is 1. The second-order valence-corrected chi connectivity index (χ2v) is 5.49. The highest BCUT2D eigenvalue weighted by atomic mass is 16.4. The standard InChI is InChI=1S/C19H13NO3/c21-18-10-14(11-5-1-2-7-13(11)18)17-9-15(19(22)23)12-6-3-4-8-16(12)20-17/h1-10,18,21H,(H,22,23). The lowest BCUT2D eigenvalue weighted by Crippen LogP contribution is -2.02. The van der Waals surface area contributed by atoms with Crippen molar-refractivity contribution in [2.45, 2.75) is 6.10 Å². The van der Waals surface area contributed by atoms with Crippen LogP contribution in [0.2, 0.25) is 0 Å². The van der Waals surface area contributed by atoms with E-state index in [2.05, 4.69) is 4.98 Å². The van der Waals surface area contributed by atoms with Crippen molar-refractivity contribution in [3.05, 3.63) is 83.1 Å². The van der Waals surface area contributed by atoms with Gasteiger partial charge in [0, 0.05) is 11.0 Å². The molecule has 0 spiro atoms. The van der Waals surface area contributed by atoms with E-state index in [9.17, 15) is 15.0 Å². The Morgan fingerprint density at radius 3 is 2.61 bits per heavy atom. The Labute approximate surface area is 132 Å². The second kappa shape index (κ2) is 5.04. The minimum absolute atomic E-state index is 0.213. The Kier molecular flexibility index (Phi) is 2.99. The largest absolute Gasteiger partial charge is 0.478 e. The maximum atomic E-state index is 11.6. The fourth-order valence-electron chi connectivity index (χ4n) is 3.05. The molecule has 112 valence electrons. The molecule has 1 aliphatic carbocycles. The van der Waals surface area contributed by atoms with Crippen LogP contribution in [0, 0.1) is 0 Å².